The number of carbonyl (C=O) groups excluding carboxylic acids is 3. The summed E-state index contributed by atoms with van der Waals surface area (Å²) in [5.74, 6) is -1.02. The number of hydrogen-bond donors (Lipinski definition) is 4. The fourth-order valence-corrected chi connectivity index (χ4v) is 4.31. The molecule has 0 spiro atoms. The monoisotopic (exact) mass is 513 g/mol. The molecule has 198 valence electrons. The molecule has 4 rings (SSSR count). The van der Waals surface area contributed by atoms with E-state index in [0.717, 1.165) is 23.3 Å². The van der Waals surface area contributed by atoms with Crippen molar-refractivity contribution in [3.63, 3.8) is 0 Å². The van der Waals surface area contributed by atoms with Crippen LogP contribution in [-0.2, 0) is 9.59 Å². The molecule has 1 aliphatic carbocycles. The number of urea groups is 1. The third-order valence-corrected chi connectivity index (χ3v) is 6.45. The van der Waals surface area contributed by atoms with E-state index in [4.69, 9.17) is 9.84 Å². The molecule has 4 N–H and O–H groups in total. The lowest BCUT2D eigenvalue weighted by Crippen LogP contribution is -2.48. The highest BCUT2D eigenvalue weighted by molar-refractivity contribution is 6.09. The van der Waals surface area contributed by atoms with Crippen LogP contribution in [0.5, 0.6) is 5.75 Å². The fourth-order valence-electron chi connectivity index (χ4n) is 4.31. The fraction of sp³-hybridized carbons (Fsp3) is 0.444. The van der Waals surface area contributed by atoms with Crippen LogP contribution in [0, 0.1) is 11.7 Å². The zero-order valence-corrected chi connectivity index (χ0v) is 20.8. The summed E-state index contributed by atoms with van der Waals surface area (Å²) >= 11 is 0. The highest BCUT2D eigenvalue weighted by atomic mass is 19.1. The number of hydrogen-bond acceptors (Lipinski definition) is 6. The van der Waals surface area contributed by atoms with Gasteiger partial charge in [-0.05, 0) is 66.5 Å². The van der Waals surface area contributed by atoms with Gasteiger partial charge in [0.15, 0.2) is 0 Å². The largest absolute Gasteiger partial charge is 0.491 e. The Morgan fingerprint density at radius 1 is 1.16 bits per heavy atom. The van der Waals surface area contributed by atoms with Crippen molar-refractivity contribution >= 4 is 23.5 Å². The summed E-state index contributed by atoms with van der Waals surface area (Å²) in [5, 5.41) is 23.5. The van der Waals surface area contributed by atoms with E-state index in [-0.39, 0.29) is 24.6 Å². The summed E-state index contributed by atoms with van der Waals surface area (Å²) in [4.78, 5) is 40.4. The van der Waals surface area contributed by atoms with Crippen LogP contribution in [0.2, 0.25) is 0 Å². The van der Waals surface area contributed by atoms with Gasteiger partial charge in [-0.3, -0.25) is 9.59 Å². The summed E-state index contributed by atoms with van der Waals surface area (Å²) in [6, 6.07) is 8.26. The SMILES string of the molecule is CC(C)C[C@@H](C(=O)Nc1ccc(C2CC2)cc1F)N1C(=O)N[C@H](c2ccc(OC[C@@H](O)CO)cc2)C1=O. The van der Waals surface area contributed by atoms with Gasteiger partial charge in [0.25, 0.3) is 5.91 Å². The van der Waals surface area contributed by atoms with Gasteiger partial charge in [0.2, 0.25) is 5.91 Å². The van der Waals surface area contributed by atoms with E-state index in [0.29, 0.717) is 17.2 Å². The average Bonchev–Trinajstić information content (AvgIpc) is 3.68. The lowest BCUT2D eigenvalue weighted by atomic mass is 10.0. The van der Waals surface area contributed by atoms with Crippen molar-refractivity contribution in [3.05, 3.63) is 59.4 Å². The smallest absolute Gasteiger partial charge is 0.325 e. The molecular weight excluding hydrogens is 481 g/mol. The van der Waals surface area contributed by atoms with Gasteiger partial charge in [0.05, 0.1) is 12.3 Å². The number of amides is 4. The molecule has 0 radical (unpaired) electrons. The summed E-state index contributed by atoms with van der Waals surface area (Å²) < 4.78 is 20.1. The minimum atomic E-state index is -1.12. The first-order chi connectivity index (χ1) is 17.7. The van der Waals surface area contributed by atoms with Crippen molar-refractivity contribution in [2.45, 2.75) is 57.2 Å². The molecule has 2 aliphatic rings. The maximum Gasteiger partial charge on any atom is 0.325 e. The highest BCUT2D eigenvalue weighted by Crippen LogP contribution is 2.40. The number of halogens is 1. The minimum absolute atomic E-state index is 0.00802. The quantitative estimate of drug-likeness (QED) is 0.342. The van der Waals surface area contributed by atoms with Crippen LogP contribution in [0.4, 0.5) is 14.9 Å². The predicted octanol–water partition coefficient (Wildman–Crippen LogP) is 3.08. The summed E-state index contributed by atoms with van der Waals surface area (Å²) in [6.07, 6.45) is 1.24. The van der Waals surface area contributed by atoms with E-state index in [2.05, 4.69) is 10.6 Å². The van der Waals surface area contributed by atoms with Crippen molar-refractivity contribution in [3.8, 4) is 5.75 Å². The average molecular weight is 514 g/mol. The zero-order chi connectivity index (χ0) is 26.7. The number of carbonyl (C=O) groups is 3. The third kappa shape index (κ3) is 6.26. The first-order valence-corrected chi connectivity index (χ1v) is 12.4. The van der Waals surface area contributed by atoms with Crippen LogP contribution >= 0.6 is 0 Å². The van der Waals surface area contributed by atoms with Gasteiger partial charge in [-0.15, -0.1) is 0 Å². The molecule has 2 aromatic carbocycles. The Hall–Kier alpha value is -3.50. The number of anilines is 1. The second-order valence-corrected chi connectivity index (χ2v) is 9.96. The molecule has 2 aromatic rings. The predicted molar refractivity (Wildman–Crippen MR) is 133 cm³/mol. The molecule has 0 aromatic heterocycles. The molecule has 3 atom stereocenters. The van der Waals surface area contributed by atoms with Crippen molar-refractivity contribution in [2.24, 2.45) is 5.92 Å². The molecule has 2 fully saturated rings. The maximum atomic E-state index is 14.7. The van der Waals surface area contributed by atoms with E-state index in [9.17, 15) is 23.9 Å². The number of aliphatic hydroxyl groups is 2. The molecule has 10 heteroatoms. The Bertz CT molecular complexity index is 1150. The Balaban J connectivity index is 1.48. The second kappa shape index (κ2) is 11.3. The molecular formula is C27H32FN3O6. The third-order valence-electron chi connectivity index (χ3n) is 6.45. The van der Waals surface area contributed by atoms with E-state index in [1.807, 2.05) is 13.8 Å². The number of rotatable bonds is 11. The number of benzene rings is 2. The molecule has 1 aliphatic heterocycles. The zero-order valence-electron chi connectivity index (χ0n) is 20.8. The molecule has 0 unspecified atom stereocenters. The van der Waals surface area contributed by atoms with Gasteiger partial charge >= 0.3 is 6.03 Å². The second-order valence-electron chi connectivity index (χ2n) is 9.96. The Morgan fingerprint density at radius 3 is 2.43 bits per heavy atom. The van der Waals surface area contributed by atoms with Crippen molar-refractivity contribution < 1.29 is 33.7 Å². The summed E-state index contributed by atoms with van der Waals surface area (Å²) in [5.41, 5.74) is 1.39. The van der Waals surface area contributed by atoms with Gasteiger partial charge in [-0.1, -0.05) is 32.0 Å². The lowest BCUT2D eigenvalue weighted by molar-refractivity contribution is -0.134. The number of nitrogens with zero attached hydrogens (tertiary/aromatic N) is 1. The lowest BCUT2D eigenvalue weighted by Gasteiger charge is -2.26. The molecule has 1 heterocycles. The number of nitrogens with one attached hydrogen (secondary N) is 2. The Labute approximate surface area is 214 Å². The van der Waals surface area contributed by atoms with Gasteiger partial charge in [-0.25, -0.2) is 14.1 Å². The van der Waals surface area contributed by atoms with Crippen LogP contribution in [0.1, 0.15) is 56.2 Å². The van der Waals surface area contributed by atoms with Crippen LogP contribution in [0.3, 0.4) is 0 Å². The standard InChI is InChI=1S/C27H32FN3O6/c1-15(2)11-23(25(34)29-22-10-7-18(12-21(22)28)16-3-4-16)31-26(35)24(30-27(31)36)17-5-8-20(9-6-17)37-14-19(33)13-32/h5-10,12,15-16,19,23-24,32-33H,3-4,11,13-14H2,1-2H3,(H,29,34)(H,30,36)/t19-,23-,24+/m0/s1. The Kier molecular flexibility index (Phi) is 8.09. The summed E-state index contributed by atoms with van der Waals surface area (Å²) in [7, 11) is 0. The summed E-state index contributed by atoms with van der Waals surface area (Å²) in [6.45, 7) is 3.21. The van der Waals surface area contributed by atoms with E-state index in [1.54, 1.807) is 30.3 Å². The van der Waals surface area contributed by atoms with Crippen LogP contribution in [0.15, 0.2) is 42.5 Å². The van der Waals surface area contributed by atoms with E-state index in [1.165, 1.54) is 12.1 Å². The van der Waals surface area contributed by atoms with Gasteiger partial charge in [0.1, 0.15) is 36.4 Å². The molecule has 1 saturated carbocycles. The first kappa shape index (κ1) is 26.6. The highest BCUT2D eigenvalue weighted by Gasteiger charge is 2.45. The topological polar surface area (TPSA) is 128 Å². The molecule has 1 saturated heterocycles. The van der Waals surface area contributed by atoms with Crippen LogP contribution in [-0.4, -0.2) is 58.3 Å². The van der Waals surface area contributed by atoms with Crippen molar-refractivity contribution in [1.29, 1.82) is 0 Å². The molecule has 37 heavy (non-hydrogen) atoms. The van der Waals surface area contributed by atoms with Crippen molar-refractivity contribution in [1.82, 2.24) is 10.2 Å². The van der Waals surface area contributed by atoms with Crippen molar-refractivity contribution in [2.75, 3.05) is 18.5 Å². The van der Waals surface area contributed by atoms with Crippen LogP contribution in [0.25, 0.3) is 0 Å². The van der Waals surface area contributed by atoms with Gasteiger partial charge in [0, 0.05) is 0 Å². The molecule has 9 nitrogen and oxygen atoms in total. The first-order valence-electron chi connectivity index (χ1n) is 12.4. The number of imide groups is 1. The van der Waals surface area contributed by atoms with Gasteiger partial charge in [-0.2, -0.15) is 0 Å². The number of ether oxygens (including phenoxy) is 1. The van der Waals surface area contributed by atoms with E-state index < -0.39 is 48.5 Å². The van der Waals surface area contributed by atoms with Crippen LogP contribution < -0.4 is 15.4 Å². The normalized spacial score (nSPS) is 19.1. The number of aliphatic hydroxyl groups excluding tert-OH is 2. The maximum absolute atomic E-state index is 14.7. The van der Waals surface area contributed by atoms with Gasteiger partial charge < -0.3 is 25.6 Å². The Morgan fingerprint density at radius 2 is 1.84 bits per heavy atom. The molecule has 0 bridgehead atoms. The van der Waals surface area contributed by atoms with E-state index >= 15 is 0 Å². The molecule has 4 amide bonds. The minimum Gasteiger partial charge on any atom is -0.491 e.